The standard InChI is InChI=1S/C27H24N4O3S/c28-18-25-27(29-16-14-20-6-2-1-3-7-20)34-26(30-25)22-10-12-24(13-11-22)35(32,33)31-17-15-21-8-4-5-9-23(21)19-31/h1-13,29H,14-17,19H2. The second kappa shape index (κ2) is 9.74. The van der Waals surface area contributed by atoms with Crippen LogP contribution in [0.15, 0.2) is 88.2 Å². The van der Waals surface area contributed by atoms with Gasteiger partial charge in [0.1, 0.15) is 6.07 Å². The molecule has 1 N–H and O–H groups in total. The van der Waals surface area contributed by atoms with Gasteiger partial charge in [0, 0.05) is 25.2 Å². The maximum atomic E-state index is 13.2. The predicted octanol–water partition coefficient (Wildman–Crippen LogP) is 4.61. The minimum absolute atomic E-state index is 0.164. The average Bonchev–Trinajstić information content (AvgIpc) is 3.32. The van der Waals surface area contributed by atoms with Crippen LogP contribution in [0.3, 0.4) is 0 Å². The van der Waals surface area contributed by atoms with Gasteiger partial charge in [-0.1, -0.05) is 54.6 Å². The number of anilines is 1. The van der Waals surface area contributed by atoms with Crippen molar-refractivity contribution >= 4 is 15.9 Å². The highest BCUT2D eigenvalue weighted by atomic mass is 32.2. The topological polar surface area (TPSA) is 99.2 Å². The summed E-state index contributed by atoms with van der Waals surface area (Å²) in [7, 11) is -3.63. The molecule has 0 fully saturated rings. The number of nitrogens with one attached hydrogen (secondary N) is 1. The van der Waals surface area contributed by atoms with Crippen molar-refractivity contribution in [1.82, 2.24) is 9.29 Å². The van der Waals surface area contributed by atoms with Gasteiger partial charge in [-0.25, -0.2) is 8.42 Å². The smallest absolute Gasteiger partial charge is 0.243 e. The summed E-state index contributed by atoms with van der Waals surface area (Å²) in [5.41, 5.74) is 4.17. The lowest BCUT2D eigenvalue weighted by atomic mass is 10.0. The Labute approximate surface area is 204 Å². The van der Waals surface area contributed by atoms with Crippen LogP contribution in [0, 0.1) is 11.3 Å². The Morgan fingerprint density at radius 1 is 0.971 bits per heavy atom. The molecule has 0 spiro atoms. The fourth-order valence-corrected chi connectivity index (χ4v) is 5.62. The fourth-order valence-electron chi connectivity index (χ4n) is 4.20. The van der Waals surface area contributed by atoms with E-state index < -0.39 is 10.0 Å². The first-order valence-corrected chi connectivity index (χ1v) is 12.8. The summed E-state index contributed by atoms with van der Waals surface area (Å²) < 4.78 is 33.8. The van der Waals surface area contributed by atoms with Crippen LogP contribution in [0.1, 0.15) is 22.4 Å². The molecule has 7 nitrogen and oxygen atoms in total. The number of fused-ring (bicyclic) bond motifs is 1. The highest BCUT2D eigenvalue weighted by molar-refractivity contribution is 7.89. The zero-order chi connectivity index (χ0) is 24.3. The minimum Gasteiger partial charge on any atom is -0.419 e. The number of hydrogen-bond donors (Lipinski definition) is 1. The molecule has 0 bridgehead atoms. The zero-order valence-corrected chi connectivity index (χ0v) is 19.8. The second-order valence-electron chi connectivity index (χ2n) is 8.35. The van der Waals surface area contributed by atoms with E-state index in [0.717, 1.165) is 12.0 Å². The molecule has 2 heterocycles. The number of benzene rings is 3. The molecule has 5 rings (SSSR count). The summed E-state index contributed by atoms with van der Waals surface area (Å²) >= 11 is 0. The Kier molecular flexibility index (Phi) is 6.36. The summed E-state index contributed by atoms with van der Waals surface area (Å²) in [6.45, 7) is 1.40. The van der Waals surface area contributed by atoms with Crippen LogP contribution in [-0.4, -0.2) is 30.8 Å². The van der Waals surface area contributed by atoms with Crippen LogP contribution in [0.2, 0.25) is 0 Å². The van der Waals surface area contributed by atoms with Crippen LogP contribution >= 0.6 is 0 Å². The summed E-state index contributed by atoms with van der Waals surface area (Å²) in [6.07, 6.45) is 1.47. The summed E-state index contributed by atoms with van der Waals surface area (Å²) in [4.78, 5) is 4.50. The highest BCUT2D eigenvalue weighted by Crippen LogP contribution is 2.29. The van der Waals surface area contributed by atoms with Crippen molar-refractivity contribution in [1.29, 1.82) is 5.26 Å². The first-order chi connectivity index (χ1) is 17.0. The van der Waals surface area contributed by atoms with E-state index in [1.54, 1.807) is 24.3 Å². The van der Waals surface area contributed by atoms with Gasteiger partial charge in [-0.05, 0) is 53.8 Å². The molecule has 0 saturated carbocycles. The molecule has 8 heteroatoms. The van der Waals surface area contributed by atoms with Crippen LogP contribution < -0.4 is 5.32 Å². The number of hydrogen-bond acceptors (Lipinski definition) is 6. The van der Waals surface area contributed by atoms with Gasteiger partial charge in [-0.2, -0.15) is 14.6 Å². The van der Waals surface area contributed by atoms with Crippen LogP contribution in [-0.2, 0) is 29.4 Å². The van der Waals surface area contributed by atoms with E-state index >= 15 is 0 Å². The Morgan fingerprint density at radius 2 is 1.69 bits per heavy atom. The summed E-state index contributed by atoms with van der Waals surface area (Å²) in [5, 5.41) is 12.6. The molecule has 1 aromatic heterocycles. The highest BCUT2D eigenvalue weighted by Gasteiger charge is 2.28. The number of rotatable bonds is 7. The van der Waals surface area contributed by atoms with Gasteiger partial charge in [0.05, 0.1) is 4.90 Å². The molecule has 0 aliphatic carbocycles. The van der Waals surface area contributed by atoms with Crippen molar-refractivity contribution < 1.29 is 12.8 Å². The maximum absolute atomic E-state index is 13.2. The van der Waals surface area contributed by atoms with Crippen molar-refractivity contribution in [2.75, 3.05) is 18.4 Å². The van der Waals surface area contributed by atoms with Crippen LogP contribution in [0.5, 0.6) is 0 Å². The first-order valence-electron chi connectivity index (χ1n) is 11.4. The molecule has 0 unspecified atom stereocenters. The van der Waals surface area contributed by atoms with Gasteiger partial charge in [-0.15, -0.1) is 0 Å². The van der Waals surface area contributed by atoms with E-state index in [2.05, 4.69) is 16.4 Å². The average molecular weight is 485 g/mol. The number of aromatic nitrogens is 1. The Morgan fingerprint density at radius 3 is 2.43 bits per heavy atom. The van der Waals surface area contributed by atoms with E-state index in [4.69, 9.17) is 4.42 Å². The summed E-state index contributed by atoms with van der Waals surface area (Å²) in [6, 6.07) is 26.4. The van der Waals surface area contributed by atoms with Crippen molar-refractivity contribution in [2.24, 2.45) is 0 Å². The second-order valence-corrected chi connectivity index (χ2v) is 10.3. The minimum atomic E-state index is -3.63. The number of sulfonamides is 1. The monoisotopic (exact) mass is 484 g/mol. The van der Waals surface area contributed by atoms with Gasteiger partial charge >= 0.3 is 0 Å². The molecule has 0 radical (unpaired) electrons. The SMILES string of the molecule is N#Cc1nc(-c2ccc(S(=O)(=O)N3CCc4ccccc4C3)cc2)oc1NCCc1ccccc1. The largest absolute Gasteiger partial charge is 0.419 e. The van der Waals surface area contributed by atoms with E-state index in [9.17, 15) is 13.7 Å². The van der Waals surface area contributed by atoms with Gasteiger partial charge in [0.15, 0.2) is 0 Å². The maximum Gasteiger partial charge on any atom is 0.243 e. The van der Waals surface area contributed by atoms with Crippen molar-refractivity contribution in [3.05, 3.63) is 101 Å². The molecular weight excluding hydrogens is 460 g/mol. The van der Waals surface area contributed by atoms with Gasteiger partial charge in [-0.3, -0.25) is 0 Å². The number of nitriles is 1. The molecule has 0 saturated heterocycles. The molecule has 1 aliphatic rings. The molecule has 1 aliphatic heterocycles. The quantitative estimate of drug-likeness (QED) is 0.411. The predicted molar refractivity (Wildman–Crippen MR) is 133 cm³/mol. The Bertz CT molecular complexity index is 1470. The van der Waals surface area contributed by atoms with Crippen LogP contribution in [0.4, 0.5) is 5.88 Å². The molecule has 0 atom stereocenters. The van der Waals surface area contributed by atoms with E-state index in [1.165, 1.54) is 15.4 Å². The van der Waals surface area contributed by atoms with E-state index in [1.807, 2.05) is 54.6 Å². The first kappa shape index (κ1) is 22.8. The van der Waals surface area contributed by atoms with Gasteiger partial charge in [0.25, 0.3) is 0 Å². The third kappa shape index (κ3) is 4.83. The Balaban J connectivity index is 1.30. The number of nitrogens with zero attached hydrogens (tertiary/aromatic N) is 3. The molecule has 176 valence electrons. The van der Waals surface area contributed by atoms with Crippen molar-refractivity contribution in [2.45, 2.75) is 24.3 Å². The molecule has 3 aromatic carbocycles. The lowest BCUT2D eigenvalue weighted by Crippen LogP contribution is -2.35. The third-order valence-electron chi connectivity index (χ3n) is 6.11. The normalized spacial score (nSPS) is 13.7. The molecule has 0 amide bonds. The third-order valence-corrected chi connectivity index (χ3v) is 7.97. The fraction of sp³-hybridized carbons (Fsp3) is 0.185. The van der Waals surface area contributed by atoms with E-state index in [-0.39, 0.29) is 16.5 Å². The van der Waals surface area contributed by atoms with Crippen molar-refractivity contribution in [3.63, 3.8) is 0 Å². The number of oxazole rings is 1. The summed E-state index contributed by atoms with van der Waals surface area (Å²) in [5.74, 6) is 0.571. The van der Waals surface area contributed by atoms with Crippen LogP contribution in [0.25, 0.3) is 11.5 Å². The van der Waals surface area contributed by atoms with E-state index in [0.29, 0.717) is 37.5 Å². The Hall–Kier alpha value is -3.93. The molecule has 35 heavy (non-hydrogen) atoms. The molecule has 4 aromatic rings. The lowest BCUT2D eigenvalue weighted by molar-refractivity contribution is 0.391. The zero-order valence-electron chi connectivity index (χ0n) is 19.0. The van der Waals surface area contributed by atoms with Crippen molar-refractivity contribution in [3.8, 4) is 17.5 Å². The lowest BCUT2D eigenvalue weighted by Gasteiger charge is -2.28. The van der Waals surface area contributed by atoms with Gasteiger partial charge in [0.2, 0.25) is 27.5 Å². The molecular formula is C27H24N4O3S. The van der Waals surface area contributed by atoms with Gasteiger partial charge < -0.3 is 9.73 Å².